The largest absolute Gasteiger partial charge is 0.427 e. The Morgan fingerprint density at radius 1 is 0.921 bits per heavy atom. The first-order valence-electron chi connectivity index (χ1n) is 12.1. The molecule has 0 spiro atoms. The van der Waals surface area contributed by atoms with Crippen LogP contribution in [0.4, 0.5) is 11.4 Å². The summed E-state index contributed by atoms with van der Waals surface area (Å²) < 4.78 is 5.32. The van der Waals surface area contributed by atoms with Gasteiger partial charge in [-0.15, -0.1) is 0 Å². The van der Waals surface area contributed by atoms with Crippen LogP contribution in [0, 0.1) is 17.0 Å². The molecule has 0 bridgehead atoms. The van der Waals surface area contributed by atoms with Crippen molar-refractivity contribution >= 4 is 35.1 Å². The highest BCUT2D eigenvalue weighted by molar-refractivity contribution is 6.23. The highest BCUT2D eigenvalue weighted by Crippen LogP contribution is 2.31. The summed E-state index contributed by atoms with van der Waals surface area (Å²) in [5.41, 5.74) is 1.66. The van der Waals surface area contributed by atoms with Gasteiger partial charge in [0.25, 0.3) is 23.4 Å². The Balaban J connectivity index is 1.19. The first-order valence-corrected chi connectivity index (χ1v) is 12.1. The number of benzene rings is 3. The molecule has 1 aliphatic heterocycles. The van der Waals surface area contributed by atoms with E-state index in [1.807, 2.05) is 31.2 Å². The second-order valence-electron chi connectivity index (χ2n) is 8.85. The van der Waals surface area contributed by atoms with E-state index in [1.54, 1.807) is 24.3 Å². The molecule has 194 valence electrons. The lowest BCUT2D eigenvalue weighted by atomic mass is 10.1. The maximum Gasteiger partial charge on any atom is 0.311 e. The molecule has 3 aromatic rings. The number of nitro groups is 1. The van der Waals surface area contributed by atoms with Gasteiger partial charge in [-0.3, -0.25) is 34.2 Å². The van der Waals surface area contributed by atoms with Crippen molar-refractivity contribution in [2.24, 2.45) is 0 Å². The number of nitro benzene ring substituents is 1. The van der Waals surface area contributed by atoms with E-state index in [1.165, 1.54) is 18.2 Å². The molecule has 0 saturated carbocycles. The van der Waals surface area contributed by atoms with Gasteiger partial charge >= 0.3 is 5.97 Å². The second-order valence-corrected chi connectivity index (χ2v) is 8.85. The van der Waals surface area contributed by atoms with Crippen molar-refractivity contribution in [3.8, 4) is 5.75 Å². The molecule has 0 atom stereocenters. The predicted octanol–water partition coefficient (Wildman–Crippen LogP) is 4.92. The number of aryl methyl sites for hydroxylation is 1. The number of esters is 1. The summed E-state index contributed by atoms with van der Waals surface area (Å²) in [6.07, 6.45) is 1.59. The third-order valence-corrected chi connectivity index (χ3v) is 6.09. The molecular weight excluding hydrogens is 490 g/mol. The van der Waals surface area contributed by atoms with Crippen LogP contribution in [0.25, 0.3) is 0 Å². The van der Waals surface area contributed by atoms with Crippen molar-refractivity contribution < 1.29 is 28.8 Å². The van der Waals surface area contributed by atoms with Crippen LogP contribution in [0.3, 0.4) is 0 Å². The maximum absolute atomic E-state index is 12.6. The molecule has 0 radical (unpaired) electrons. The van der Waals surface area contributed by atoms with Gasteiger partial charge in [-0.25, -0.2) is 0 Å². The number of hydrogen-bond donors (Lipinski definition) is 1. The standard InChI is InChI=1S/C28H25N3O7/c1-18-9-13-20(14-10-18)29-26(33)19-11-15-21(16-12-19)38-24(32)8-3-2-4-17-30-27(34)22-6-5-7-23(31(36)37)25(22)28(30)35/h5-7,9-16H,2-4,8,17H2,1H3,(H,29,33). The van der Waals surface area contributed by atoms with Gasteiger partial charge in [0.05, 0.1) is 10.5 Å². The second kappa shape index (κ2) is 11.5. The molecule has 10 nitrogen and oxygen atoms in total. The van der Waals surface area contributed by atoms with Crippen LogP contribution >= 0.6 is 0 Å². The Bertz CT molecular complexity index is 1400. The molecule has 3 aromatic carbocycles. The summed E-state index contributed by atoms with van der Waals surface area (Å²) in [5, 5.41) is 14.0. The van der Waals surface area contributed by atoms with Crippen LogP contribution in [0.2, 0.25) is 0 Å². The lowest BCUT2D eigenvalue weighted by molar-refractivity contribution is -0.385. The van der Waals surface area contributed by atoms with Crippen molar-refractivity contribution in [1.82, 2.24) is 4.90 Å². The van der Waals surface area contributed by atoms with Gasteiger partial charge < -0.3 is 10.1 Å². The number of anilines is 1. The molecule has 0 unspecified atom stereocenters. The lowest BCUT2D eigenvalue weighted by Crippen LogP contribution is -2.30. The first-order chi connectivity index (χ1) is 18.2. The average Bonchev–Trinajstić information content (AvgIpc) is 3.15. The number of carbonyl (C=O) groups is 4. The van der Waals surface area contributed by atoms with Crippen molar-refractivity contribution in [3.63, 3.8) is 0 Å². The zero-order valence-electron chi connectivity index (χ0n) is 20.6. The highest BCUT2D eigenvalue weighted by atomic mass is 16.6. The van der Waals surface area contributed by atoms with Gasteiger partial charge in [-0.2, -0.15) is 0 Å². The average molecular weight is 516 g/mol. The van der Waals surface area contributed by atoms with Crippen LogP contribution in [-0.4, -0.2) is 40.1 Å². The van der Waals surface area contributed by atoms with Crippen LogP contribution in [0.1, 0.15) is 62.3 Å². The number of imide groups is 1. The molecule has 3 amide bonds. The molecule has 1 aliphatic rings. The molecule has 0 saturated heterocycles. The van der Waals surface area contributed by atoms with E-state index >= 15 is 0 Å². The number of ether oxygens (including phenoxy) is 1. The zero-order valence-corrected chi connectivity index (χ0v) is 20.6. The number of hydrogen-bond acceptors (Lipinski definition) is 7. The number of nitrogens with zero attached hydrogens (tertiary/aromatic N) is 2. The summed E-state index contributed by atoms with van der Waals surface area (Å²) in [6, 6.07) is 17.6. The number of carbonyl (C=O) groups excluding carboxylic acids is 4. The van der Waals surface area contributed by atoms with E-state index in [9.17, 15) is 29.3 Å². The summed E-state index contributed by atoms with van der Waals surface area (Å²) in [4.78, 5) is 61.2. The molecule has 0 fully saturated rings. The number of fused-ring (bicyclic) bond motifs is 1. The highest BCUT2D eigenvalue weighted by Gasteiger charge is 2.40. The topological polar surface area (TPSA) is 136 Å². The Hall–Kier alpha value is -4.86. The number of rotatable bonds is 10. The van der Waals surface area contributed by atoms with E-state index in [0.29, 0.717) is 36.3 Å². The van der Waals surface area contributed by atoms with Gasteiger partial charge in [-0.1, -0.05) is 30.2 Å². The Morgan fingerprint density at radius 3 is 2.32 bits per heavy atom. The SMILES string of the molecule is Cc1ccc(NC(=O)c2ccc(OC(=O)CCCCCN3C(=O)c4cccc([N+](=O)[O-])c4C3=O)cc2)cc1. The van der Waals surface area contributed by atoms with Gasteiger partial charge in [0.2, 0.25) is 0 Å². The maximum atomic E-state index is 12.6. The number of nitrogens with one attached hydrogen (secondary N) is 1. The third kappa shape index (κ3) is 5.92. The predicted molar refractivity (Wildman–Crippen MR) is 138 cm³/mol. The fraction of sp³-hybridized carbons (Fsp3) is 0.214. The monoisotopic (exact) mass is 515 g/mol. The normalized spacial score (nSPS) is 12.3. The van der Waals surface area contributed by atoms with E-state index in [0.717, 1.165) is 10.5 Å². The molecule has 1 heterocycles. The lowest BCUT2D eigenvalue weighted by Gasteiger charge is -2.13. The van der Waals surface area contributed by atoms with Crippen LogP contribution in [0.5, 0.6) is 5.75 Å². The van der Waals surface area contributed by atoms with E-state index in [4.69, 9.17) is 4.74 Å². The summed E-state index contributed by atoms with van der Waals surface area (Å²) in [6.45, 7) is 2.06. The molecule has 1 N–H and O–H groups in total. The van der Waals surface area contributed by atoms with Gasteiger partial charge in [0, 0.05) is 30.3 Å². The Labute approximate surface area is 218 Å². The Kier molecular flexibility index (Phi) is 7.91. The van der Waals surface area contributed by atoms with Gasteiger partial charge in [0.1, 0.15) is 11.3 Å². The number of unbranched alkanes of at least 4 members (excludes halogenated alkanes) is 2. The van der Waals surface area contributed by atoms with Crippen LogP contribution in [0.15, 0.2) is 66.7 Å². The van der Waals surface area contributed by atoms with Crippen molar-refractivity contribution in [3.05, 3.63) is 99.1 Å². The third-order valence-electron chi connectivity index (χ3n) is 6.09. The number of amides is 3. The van der Waals surface area contributed by atoms with Crippen molar-refractivity contribution in [2.75, 3.05) is 11.9 Å². The fourth-order valence-electron chi connectivity index (χ4n) is 4.08. The molecule has 0 aliphatic carbocycles. The fourth-order valence-corrected chi connectivity index (χ4v) is 4.08. The van der Waals surface area contributed by atoms with Crippen molar-refractivity contribution in [1.29, 1.82) is 0 Å². The van der Waals surface area contributed by atoms with Gasteiger partial charge in [-0.05, 0) is 62.2 Å². The minimum absolute atomic E-state index is 0.0337. The van der Waals surface area contributed by atoms with E-state index in [2.05, 4.69) is 5.32 Å². The molecule has 10 heteroatoms. The minimum atomic E-state index is -0.674. The molecular formula is C28H25N3O7. The van der Waals surface area contributed by atoms with Crippen LogP contribution in [-0.2, 0) is 4.79 Å². The van der Waals surface area contributed by atoms with Crippen molar-refractivity contribution in [2.45, 2.75) is 32.6 Å². The summed E-state index contributed by atoms with van der Waals surface area (Å²) in [7, 11) is 0. The molecule has 38 heavy (non-hydrogen) atoms. The molecule has 0 aromatic heterocycles. The van der Waals surface area contributed by atoms with Crippen LogP contribution < -0.4 is 10.1 Å². The quantitative estimate of drug-likeness (QED) is 0.101. The first kappa shape index (κ1) is 26.2. The van der Waals surface area contributed by atoms with Gasteiger partial charge in [0.15, 0.2) is 0 Å². The zero-order chi connectivity index (χ0) is 27.2. The minimum Gasteiger partial charge on any atom is -0.427 e. The molecule has 4 rings (SSSR count). The Morgan fingerprint density at radius 2 is 1.63 bits per heavy atom. The summed E-state index contributed by atoms with van der Waals surface area (Å²) >= 11 is 0. The van der Waals surface area contributed by atoms with E-state index in [-0.39, 0.29) is 35.7 Å². The summed E-state index contributed by atoms with van der Waals surface area (Å²) in [5.74, 6) is -1.64. The smallest absolute Gasteiger partial charge is 0.311 e. The van der Waals surface area contributed by atoms with E-state index < -0.39 is 22.7 Å².